The van der Waals surface area contributed by atoms with Crippen LogP contribution in [0.5, 0.6) is 5.75 Å². The summed E-state index contributed by atoms with van der Waals surface area (Å²) >= 11 is 0. The van der Waals surface area contributed by atoms with Crippen LogP contribution < -0.4 is 21.3 Å². The van der Waals surface area contributed by atoms with Gasteiger partial charge in [0, 0.05) is 30.4 Å². The number of allylic oxidation sites excluding steroid dienone is 1. The Labute approximate surface area is 184 Å². The number of nitriles is 1. The third kappa shape index (κ3) is 3.88. The molecule has 4 N–H and O–H groups in total. The van der Waals surface area contributed by atoms with E-state index in [0.29, 0.717) is 24.2 Å². The number of nitrogens with zero attached hydrogens (tertiary/aromatic N) is 2. The molecule has 0 radical (unpaired) electrons. The Kier molecular flexibility index (Phi) is 5.79. The van der Waals surface area contributed by atoms with Crippen molar-refractivity contribution in [1.29, 1.82) is 5.26 Å². The number of pyridine rings is 1. The largest absolute Gasteiger partial charge is 0.595 e. The van der Waals surface area contributed by atoms with E-state index in [9.17, 15) is 20.5 Å². The fraction of sp³-hybridized carbons (Fsp3) is 0.167. The van der Waals surface area contributed by atoms with E-state index >= 15 is 0 Å². The predicted octanol–water partition coefficient (Wildman–Crippen LogP) is 2.02. The maximum atomic E-state index is 13.6. The molecule has 162 valence electrons. The molecule has 2 aromatic carbocycles. The van der Waals surface area contributed by atoms with Crippen molar-refractivity contribution in [3.8, 4) is 11.8 Å². The summed E-state index contributed by atoms with van der Waals surface area (Å²) in [5.41, 5.74) is 8.43. The molecule has 0 amide bonds. The van der Waals surface area contributed by atoms with Gasteiger partial charge in [-0.2, -0.15) is 10.5 Å². The van der Waals surface area contributed by atoms with Gasteiger partial charge in [-0.05, 0) is 24.5 Å². The molecule has 2 atom stereocenters. The van der Waals surface area contributed by atoms with Crippen LogP contribution >= 0.6 is 0 Å². The summed E-state index contributed by atoms with van der Waals surface area (Å²) in [6.45, 7) is 2.26. The molecule has 0 aliphatic carbocycles. The summed E-state index contributed by atoms with van der Waals surface area (Å²) < 4.78 is 7.30. The third-order valence-corrected chi connectivity index (χ3v) is 5.62. The van der Waals surface area contributed by atoms with Crippen LogP contribution in [-0.4, -0.2) is 9.77 Å². The smallest absolute Gasteiger partial charge is 0.258 e. The molecule has 0 bridgehead atoms. The number of fused-ring (bicyclic) bond motifs is 1. The molecule has 3 aromatic rings. The molecule has 1 aliphatic rings. The second-order valence-corrected chi connectivity index (χ2v) is 7.61. The van der Waals surface area contributed by atoms with Crippen molar-refractivity contribution in [3.63, 3.8) is 0 Å². The molecule has 8 nitrogen and oxygen atoms in total. The first kappa shape index (κ1) is 21.3. The number of quaternary nitrogens is 1. The predicted molar refractivity (Wildman–Crippen MR) is 117 cm³/mol. The summed E-state index contributed by atoms with van der Waals surface area (Å²) in [5, 5.41) is 29.6. The zero-order valence-electron chi connectivity index (χ0n) is 17.4. The molecule has 0 saturated heterocycles. The fourth-order valence-electron chi connectivity index (χ4n) is 4.03. The van der Waals surface area contributed by atoms with E-state index < -0.39 is 11.1 Å². The number of benzene rings is 2. The molecule has 0 saturated carbocycles. The monoisotopic (exact) mass is 430 g/mol. The number of nitrogens with two attached hydrogens (primary N) is 1. The minimum atomic E-state index is -1.10. The van der Waals surface area contributed by atoms with Gasteiger partial charge in [0.15, 0.2) is 5.69 Å². The van der Waals surface area contributed by atoms with Gasteiger partial charge in [0.1, 0.15) is 17.4 Å². The van der Waals surface area contributed by atoms with Gasteiger partial charge in [0.05, 0.1) is 11.5 Å². The molecule has 4 rings (SSSR count). The molecule has 1 aromatic heterocycles. The van der Waals surface area contributed by atoms with Crippen molar-refractivity contribution in [3.05, 3.63) is 110 Å². The fourth-order valence-corrected chi connectivity index (χ4v) is 4.03. The van der Waals surface area contributed by atoms with Crippen molar-refractivity contribution in [2.75, 3.05) is 0 Å². The normalized spacial score (nSPS) is 16.1. The van der Waals surface area contributed by atoms with Crippen LogP contribution in [0.3, 0.4) is 0 Å². The lowest BCUT2D eigenvalue weighted by Crippen LogP contribution is -2.99. The summed E-state index contributed by atoms with van der Waals surface area (Å²) in [4.78, 5) is 13.6. The van der Waals surface area contributed by atoms with E-state index in [2.05, 4.69) is 0 Å². The van der Waals surface area contributed by atoms with Gasteiger partial charge >= 0.3 is 0 Å². The van der Waals surface area contributed by atoms with Crippen LogP contribution in [0.4, 0.5) is 5.69 Å². The summed E-state index contributed by atoms with van der Waals surface area (Å²) in [6, 6.07) is 19.8. The lowest BCUT2D eigenvalue weighted by molar-refractivity contribution is -0.991. The number of aromatic nitrogens is 1. The zero-order chi connectivity index (χ0) is 22.8. The van der Waals surface area contributed by atoms with Crippen molar-refractivity contribution < 1.29 is 15.2 Å². The first-order chi connectivity index (χ1) is 15.4. The van der Waals surface area contributed by atoms with Crippen LogP contribution in [0.1, 0.15) is 28.3 Å². The Morgan fingerprint density at radius 3 is 2.66 bits per heavy atom. The lowest BCUT2D eigenvalue weighted by Gasteiger charge is -2.27. The van der Waals surface area contributed by atoms with Crippen LogP contribution in [0.2, 0.25) is 0 Å². The SMILES string of the molecule is Cc1cc2c(c(=O)n1CCc1ccccc1)[C@H](c1cccc([NH+]([O-])O)c1)C(C#N)=C(N)O2. The number of hydrogen-bond acceptors (Lipinski definition) is 6. The van der Waals surface area contributed by atoms with Crippen molar-refractivity contribution >= 4 is 5.69 Å². The van der Waals surface area contributed by atoms with Crippen molar-refractivity contribution in [2.45, 2.75) is 25.8 Å². The Morgan fingerprint density at radius 1 is 1.22 bits per heavy atom. The van der Waals surface area contributed by atoms with Gasteiger partial charge < -0.3 is 20.2 Å². The van der Waals surface area contributed by atoms with E-state index in [-0.39, 0.29) is 34.0 Å². The number of rotatable bonds is 5. The van der Waals surface area contributed by atoms with Gasteiger partial charge in [0.2, 0.25) is 5.88 Å². The van der Waals surface area contributed by atoms with Crippen molar-refractivity contribution in [1.82, 2.24) is 4.57 Å². The summed E-state index contributed by atoms with van der Waals surface area (Å²) in [7, 11) is 0. The van der Waals surface area contributed by atoms with E-state index in [1.165, 1.54) is 12.1 Å². The van der Waals surface area contributed by atoms with Crippen LogP contribution in [0.15, 0.2) is 76.9 Å². The number of ether oxygens (including phenoxy) is 1. The Morgan fingerprint density at radius 2 is 1.97 bits per heavy atom. The highest BCUT2D eigenvalue weighted by Crippen LogP contribution is 2.40. The van der Waals surface area contributed by atoms with Gasteiger partial charge in [-0.25, -0.2) is 5.21 Å². The van der Waals surface area contributed by atoms with E-state index in [0.717, 1.165) is 5.56 Å². The molecular formula is C24H22N4O4. The zero-order valence-corrected chi connectivity index (χ0v) is 17.4. The minimum absolute atomic E-state index is 0.0583. The Hall–Kier alpha value is -3.90. The standard InChI is InChI=1S/C24H22N4O4/c1-15-12-20-22(24(29)27(15)11-10-16-6-3-2-4-7-16)21(19(14-25)23(26)32-20)17-8-5-9-18(13-17)28(30)31/h2-9,12-13,21,28,30H,10-11,26H2,1H3/t21-/m1/s1. The van der Waals surface area contributed by atoms with Crippen LogP contribution in [0.25, 0.3) is 0 Å². The number of aryl methyl sites for hydroxylation is 2. The molecule has 1 aliphatic heterocycles. The average molecular weight is 430 g/mol. The first-order valence-corrected chi connectivity index (χ1v) is 10.1. The van der Waals surface area contributed by atoms with Gasteiger partial charge in [-0.1, -0.05) is 42.5 Å². The highest BCUT2D eigenvalue weighted by Gasteiger charge is 2.34. The molecule has 2 heterocycles. The maximum Gasteiger partial charge on any atom is 0.258 e. The molecule has 0 fully saturated rings. The molecule has 8 heteroatoms. The van der Waals surface area contributed by atoms with Crippen LogP contribution in [-0.2, 0) is 13.0 Å². The van der Waals surface area contributed by atoms with Gasteiger partial charge in [0.25, 0.3) is 5.56 Å². The van der Waals surface area contributed by atoms with Crippen molar-refractivity contribution in [2.24, 2.45) is 5.73 Å². The second kappa shape index (κ2) is 8.69. The number of nitrogens with one attached hydrogen (secondary N) is 1. The topological polar surface area (TPSA) is 129 Å². The first-order valence-electron chi connectivity index (χ1n) is 10.1. The Bertz CT molecular complexity index is 1290. The van der Waals surface area contributed by atoms with Gasteiger partial charge in [-0.3, -0.25) is 4.79 Å². The highest BCUT2D eigenvalue weighted by atomic mass is 16.8. The highest BCUT2D eigenvalue weighted by molar-refractivity contribution is 5.56. The molecule has 0 spiro atoms. The van der Waals surface area contributed by atoms with E-state index in [4.69, 9.17) is 10.5 Å². The average Bonchev–Trinajstić information content (AvgIpc) is 2.78. The van der Waals surface area contributed by atoms with Crippen LogP contribution in [0, 0.1) is 23.5 Å². The lowest BCUT2D eigenvalue weighted by atomic mass is 9.84. The van der Waals surface area contributed by atoms with E-state index in [1.807, 2.05) is 43.3 Å². The quantitative estimate of drug-likeness (QED) is 0.531. The molecular weight excluding hydrogens is 408 g/mol. The third-order valence-electron chi connectivity index (χ3n) is 5.62. The minimum Gasteiger partial charge on any atom is -0.595 e. The number of hydrogen-bond donors (Lipinski definition) is 3. The molecule has 32 heavy (non-hydrogen) atoms. The molecule has 1 unspecified atom stereocenters. The summed E-state index contributed by atoms with van der Waals surface area (Å²) in [5.74, 6) is -0.628. The van der Waals surface area contributed by atoms with Gasteiger partial charge in [-0.15, -0.1) is 0 Å². The second-order valence-electron chi connectivity index (χ2n) is 7.61. The summed E-state index contributed by atoms with van der Waals surface area (Å²) in [6.07, 6.45) is 0.656. The Balaban J connectivity index is 1.85. The maximum absolute atomic E-state index is 13.6. The van der Waals surface area contributed by atoms with E-state index in [1.54, 1.807) is 22.8 Å².